The lowest BCUT2D eigenvalue weighted by molar-refractivity contribution is 1.47. The Kier molecular flexibility index (Phi) is 4.46. The number of hydrogen-bond donors (Lipinski definition) is 0. The van der Waals surface area contributed by atoms with Crippen LogP contribution in [-0.4, -0.2) is 0 Å². The van der Waals surface area contributed by atoms with Crippen LogP contribution in [0.4, 0.5) is 0 Å². The van der Waals surface area contributed by atoms with Gasteiger partial charge in [0.15, 0.2) is 0 Å². The summed E-state index contributed by atoms with van der Waals surface area (Å²) in [6.45, 7) is 4.38. The van der Waals surface area contributed by atoms with Gasteiger partial charge in [0.2, 0.25) is 0 Å². The van der Waals surface area contributed by atoms with Gasteiger partial charge in [-0.15, -0.1) is 0 Å². The van der Waals surface area contributed by atoms with Crippen LogP contribution >= 0.6 is 0 Å². The minimum absolute atomic E-state index is 1.28. The van der Waals surface area contributed by atoms with Crippen molar-refractivity contribution in [2.24, 2.45) is 0 Å². The molecular formula is C38H26. The zero-order valence-corrected chi connectivity index (χ0v) is 21.5. The van der Waals surface area contributed by atoms with Gasteiger partial charge in [0.25, 0.3) is 0 Å². The summed E-state index contributed by atoms with van der Waals surface area (Å²) in [5.41, 5.74) is 13.2. The first-order valence-corrected chi connectivity index (χ1v) is 13.4. The van der Waals surface area contributed by atoms with Gasteiger partial charge < -0.3 is 0 Å². The van der Waals surface area contributed by atoms with Crippen LogP contribution in [0.25, 0.3) is 76.8 Å². The van der Waals surface area contributed by atoms with Crippen LogP contribution in [0.3, 0.4) is 0 Å². The molecule has 0 N–H and O–H groups in total. The summed E-state index contributed by atoms with van der Waals surface area (Å²) in [7, 11) is 0. The number of benzene rings is 7. The fourth-order valence-corrected chi connectivity index (χ4v) is 6.67. The van der Waals surface area contributed by atoms with Gasteiger partial charge in [-0.05, 0) is 103 Å². The summed E-state index contributed by atoms with van der Waals surface area (Å²) in [5, 5.41) is 7.85. The standard InChI is InChI=1S/C38H26/c1-23-9-5-15-28(19-23)35-32-21-26-11-3-4-12-27(26)22-33(32)36(29-16-6-10-24(2)20-29)38-31-18-8-14-25-13-7-17-30(34(25)31)37(35)38/h3-22H,1-2H3. The molecule has 0 bridgehead atoms. The summed E-state index contributed by atoms with van der Waals surface area (Å²) in [5.74, 6) is 0. The molecule has 7 aromatic rings. The van der Waals surface area contributed by atoms with E-state index in [1.54, 1.807) is 0 Å². The quantitative estimate of drug-likeness (QED) is 0.215. The van der Waals surface area contributed by atoms with Gasteiger partial charge in [0.05, 0.1) is 0 Å². The van der Waals surface area contributed by atoms with E-state index in [-0.39, 0.29) is 0 Å². The molecule has 0 amide bonds. The van der Waals surface area contributed by atoms with Crippen LogP contribution in [0, 0.1) is 13.8 Å². The van der Waals surface area contributed by atoms with E-state index >= 15 is 0 Å². The van der Waals surface area contributed by atoms with Gasteiger partial charge in [0.1, 0.15) is 0 Å². The predicted octanol–water partition coefficient (Wildman–Crippen LogP) is 10.7. The van der Waals surface area contributed by atoms with Gasteiger partial charge in [-0.25, -0.2) is 0 Å². The minimum atomic E-state index is 1.28. The Balaban J connectivity index is 1.68. The molecule has 0 nitrogen and oxygen atoms in total. The van der Waals surface area contributed by atoms with Crippen molar-refractivity contribution in [1.29, 1.82) is 0 Å². The van der Waals surface area contributed by atoms with E-state index in [1.165, 1.54) is 88.0 Å². The van der Waals surface area contributed by atoms with Crippen molar-refractivity contribution < 1.29 is 0 Å². The molecule has 0 aliphatic heterocycles. The minimum Gasteiger partial charge on any atom is -0.0616 e. The van der Waals surface area contributed by atoms with Crippen LogP contribution in [0.15, 0.2) is 121 Å². The third-order valence-electron chi connectivity index (χ3n) is 8.23. The molecule has 0 heteroatoms. The molecule has 0 aromatic heterocycles. The van der Waals surface area contributed by atoms with Gasteiger partial charge in [-0.2, -0.15) is 0 Å². The molecule has 178 valence electrons. The zero-order valence-electron chi connectivity index (χ0n) is 21.5. The van der Waals surface area contributed by atoms with Crippen LogP contribution < -0.4 is 0 Å². The first-order chi connectivity index (χ1) is 18.7. The van der Waals surface area contributed by atoms with E-state index in [0.29, 0.717) is 0 Å². The summed E-state index contributed by atoms with van der Waals surface area (Å²) in [6.07, 6.45) is 0. The molecule has 8 rings (SSSR count). The Morgan fingerprint density at radius 3 is 1.29 bits per heavy atom. The summed E-state index contributed by atoms with van der Waals surface area (Å²) >= 11 is 0. The second kappa shape index (κ2) is 7.91. The Morgan fingerprint density at radius 2 is 0.816 bits per heavy atom. The van der Waals surface area contributed by atoms with Gasteiger partial charge >= 0.3 is 0 Å². The fraction of sp³-hybridized carbons (Fsp3) is 0.0526. The number of hydrogen-bond acceptors (Lipinski definition) is 0. The molecule has 1 aliphatic carbocycles. The smallest absolute Gasteiger partial charge is 0.000741 e. The van der Waals surface area contributed by atoms with E-state index < -0.39 is 0 Å². The van der Waals surface area contributed by atoms with Crippen molar-refractivity contribution in [3.63, 3.8) is 0 Å². The first kappa shape index (κ1) is 21.4. The predicted molar refractivity (Wildman–Crippen MR) is 164 cm³/mol. The maximum Gasteiger partial charge on any atom is -0.000741 e. The Labute approximate surface area is 222 Å². The van der Waals surface area contributed by atoms with Crippen molar-refractivity contribution in [2.45, 2.75) is 13.8 Å². The summed E-state index contributed by atoms with van der Waals surface area (Å²) in [4.78, 5) is 0. The van der Waals surface area contributed by atoms with E-state index in [9.17, 15) is 0 Å². The monoisotopic (exact) mass is 482 g/mol. The molecular weight excluding hydrogens is 456 g/mol. The van der Waals surface area contributed by atoms with Crippen molar-refractivity contribution in [2.75, 3.05) is 0 Å². The fourth-order valence-electron chi connectivity index (χ4n) is 6.67. The number of fused-ring (bicyclic) bond motifs is 5. The van der Waals surface area contributed by atoms with Gasteiger partial charge in [-0.1, -0.05) is 120 Å². The summed E-state index contributed by atoms with van der Waals surface area (Å²) in [6, 6.07) is 45.2. The van der Waals surface area contributed by atoms with Crippen molar-refractivity contribution in [1.82, 2.24) is 0 Å². The lowest BCUT2D eigenvalue weighted by Gasteiger charge is -2.21. The first-order valence-electron chi connectivity index (χ1n) is 13.4. The van der Waals surface area contributed by atoms with Crippen LogP contribution in [0.2, 0.25) is 0 Å². The second-order valence-electron chi connectivity index (χ2n) is 10.7. The van der Waals surface area contributed by atoms with Crippen LogP contribution in [0.1, 0.15) is 11.1 Å². The van der Waals surface area contributed by atoms with E-state index in [4.69, 9.17) is 0 Å². The highest BCUT2D eigenvalue weighted by Gasteiger charge is 2.30. The molecule has 0 fully saturated rings. The molecule has 7 aromatic carbocycles. The molecule has 1 aliphatic rings. The molecule has 0 spiro atoms. The third kappa shape index (κ3) is 2.98. The topological polar surface area (TPSA) is 0 Å². The number of rotatable bonds is 2. The molecule has 0 radical (unpaired) electrons. The zero-order chi connectivity index (χ0) is 25.4. The van der Waals surface area contributed by atoms with Crippen molar-refractivity contribution >= 4 is 32.3 Å². The maximum atomic E-state index is 2.42. The summed E-state index contributed by atoms with van der Waals surface area (Å²) < 4.78 is 0. The van der Waals surface area contributed by atoms with Crippen molar-refractivity contribution in [3.05, 3.63) is 132 Å². The third-order valence-corrected chi connectivity index (χ3v) is 8.23. The average molecular weight is 483 g/mol. The van der Waals surface area contributed by atoms with Crippen LogP contribution in [0.5, 0.6) is 0 Å². The Morgan fingerprint density at radius 1 is 0.368 bits per heavy atom. The van der Waals surface area contributed by atoms with Crippen LogP contribution in [-0.2, 0) is 0 Å². The molecule has 0 unspecified atom stereocenters. The second-order valence-corrected chi connectivity index (χ2v) is 10.7. The molecule has 0 saturated heterocycles. The highest BCUT2D eigenvalue weighted by Crippen LogP contribution is 2.57. The molecule has 0 heterocycles. The Bertz CT molecular complexity index is 1940. The Hall–Kier alpha value is -4.68. The molecule has 0 atom stereocenters. The largest absolute Gasteiger partial charge is 0.0616 e. The maximum absolute atomic E-state index is 2.42. The SMILES string of the molecule is Cc1cccc(-c2c3c(c(-c4cccc(C)c4)c4cc5ccccc5cc24)-c2cccc4cccc-3c24)c1. The lowest BCUT2D eigenvalue weighted by atomic mass is 9.81. The van der Waals surface area contributed by atoms with E-state index in [2.05, 4.69) is 135 Å². The lowest BCUT2D eigenvalue weighted by Crippen LogP contribution is -1.94. The highest BCUT2D eigenvalue weighted by molar-refractivity contribution is 6.28. The molecule has 0 saturated carbocycles. The van der Waals surface area contributed by atoms with Gasteiger partial charge in [0, 0.05) is 0 Å². The molecule has 38 heavy (non-hydrogen) atoms. The van der Waals surface area contributed by atoms with E-state index in [1.807, 2.05) is 0 Å². The average Bonchev–Trinajstić information content (AvgIpc) is 3.26. The van der Waals surface area contributed by atoms with Crippen molar-refractivity contribution in [3.8, 4) is 44.5 Å². The van der Waals surface area contributed by atoms with E-state index in [0.717, 1.165) is 0 Å². The normalized spacial score (nSPS) is 11.9. The highest BCUT2D eigenvalue weighted by atomic mass is 14.3. The number of aryl methyl sites for hydroxylation is 2. The van der Waals surface area contributed by atoms with Gasteiger partial charge in [-0.3, -0.25) is 0 Å².